The number of nitrogens with one attached hydrogen (secondary N) is 1. The Morgan fingerprint density at radius 2 is 2.03 bits per heavy atom. The molecule has 30 heavy (non-hydrogen) atoms. The van der Waals surface area contributed by atoms with Crippen molar-refractivity contribution >= 4 is 17.5 Å². The molecule has 3 aliphatic rings. The first-order valence-corrected chi connectivity index (χ1v) is 10.9. The maximum atomic E-state index is 13.3. The Labute approximate surface area is 178 Å². The van der Waals surface area contributed by atoms with Crippen molar-refractivity contribution in [2.75, 3.05) is 44.7 Å². The smallest absolute Gasteiger partial charge is 0.234 e. The van der Waals surface area contributed by atoms with E-state index in [4.69, 9.17) is 9.47 Å². The van der Waals surface area contributed by atoms with E-state index in [1.54, 1.807) is 12.0 Å². The number of rotatable bonds is 9. The van der Waals surface area contributed by atoms with E-state index in [0.29, 0.717) is 13.1 Å². The molecular weight excluding hydrogens is 382 g/mol. The van der Waals surface area contributed by atoms with E-state index in [2.05, 4.69) is 24.1 Å². The minimum absolute atomic E-state index is 0.0460. The molecule has 4 atom stereocenters. The van der Waals surface area contributed by atoms with Crippen molar-refractivity contribution in [2.45, 2.75) is 32.0 Å². The van der Waals surface area contributed by atoms with Crippen LogP contribution in [0.3, 0.4) is 0 Å². The zero-order valence-electron chi connectivity index (χ0n) is 18.0. The number of ether oxygens (including phenoxy) is 2. The summed E-state index contributed by atoms with van der Waals surface area (Å²) in [6.45, 7) is 8.29. The number of benzene rings is 1. The molecule has 1 aromatic carbocycles. The summed E-state index contributed by atoms with van der Waals surface area (Å²) < 4.78 is 11.4. The van der Waals surface area contributed by atoms with Crippen molar-refractivity contribution in [3.05, 3.63) is 36.4 Å². The summed E-state index contributed by atoms with van der Waals surface area (Å²) in [6, 6.07) is 7.41. The second-order valence-electron chi connectivity index (χ2n) is 8.19. The minimum Gasteiger partial charge on any atom is -0.497 e. The maximum Gasteiger partial charge on any atom is 0.234 e. The number of methoxy groups -OCH3 is 1. The van der Waals surface area contributed by atoms with Crippen LogP contribution >= 0.6 is 0 Å². The highest BCUT2D eigenvalue weighted by Crippen LogP contribution is 2.52. The SMILES string of the molecule is CCN(CC)CCCNC(=O)[C@@H]1[C@H]2C(=O)N(c3ccc(OC)cc3)C[C@]23C=C[C@H]1O3. The fourth-order valence-electron chi connectivity index (χ4n) is 4.95. The summed E-state index contributed by atoms with van der Waals surface area (Å²) >= 11 is 0. The summed E-state index contributed by atoms with van der Waals surface area (Å²) in [6.07, 6.45) is 4.50. The number of nitrogens with zero attached hydrogens (tertiary/aromatic N) is 2. The number of anilines is 1. The average molecular weight is 414 g/mol. The highest BCUT2D eigenvalue weighted by Gasteiger charge is 2.67. The fourth-order valence-corrected chi connectivity index (χ4v) is 4.95. The summed E-state index contributed by atoms with van der Waals surface area (Å²) in [4.78, 5) is 30.4. The van der Waals surface area contributed by atoms with Gasteiger partial charge in [-0.2, -0.15) is 0 Å². The van der Waals surface area contributed by atoms with E-state index in [1.165, 1.54) is 0 Å². The predicted octanol–water partition coefficient (Wildman–Crippen LogP) is 1.83. The van der Waals surface area contributed by atoms with Gasteiger partial charge in [0.15, 0.2) is 0 Å². The molecule has 7 heteroatoms. The Bertz CT molecular complexity index is 820. The van der Waals surface area contributed by atoms with Crippen LogP contribution < -0.4 is 15.0 Å². The number of hydrogen-bond acceptors (Lipinski definition) is 5. The molecule has 0 radical (unpaired) electrons. The van der Waals surface area contributed by atoms with E-state index in [0.717, 1.165) is 37.5 Å². The fraction of sp³-hybridized carbons (Fsp3) is 0.565. The van der Waals surface area contributed by atoms with Crippen molar-refractivity contribution in [1.82, 2.24) is 10.2 Å². The van der Waals surface area contributed by atoms with Gasteiger partial charge in [-0.05, 0) is 50.3 Å². The topological polar surface area (TPSA) is 71.1 Å². The molecule has 4 rings (SSSR count). The van der Waals surface area contributed by atoms with Gasteiger partial charge in [0.25, 0.3) is 0 Å². The molecule has 2 amide bonds. The van der Waals surface area contributed by atoms with Crippen molar-refractivity contribution < 1.29 is 19.1 Å². The van der Waals surface area contributed by atoms with Gasteiger partial charge in [0, 0.05) is 12.2 Å². The van der Waals surface area contributed by atoms with Crippen LogP contribution in [0.5, 0.6) is 5.75 Å². The van der Waals surface area contributed by atoms with Gasteiger partial charge in [0.05, 0.1) is 31.6 Å². The summed E-state index contributed by atoms with van der Waals surface area (Å²) in [5, 5.41) is 3.05. The molecule has 162 valence electrons. The van der Waals surface area contributed by atoms with Gasteiger partial charge in [-0.15, -0.1) is 0 Å². The van der Waals surface area contributed by atoms with Crippen LogP contribution in [0.4, 0.5) is 5.69 Å². The first-order chi connectivity index (χ1) is 14.5. The Morgan fingerprint density at radius 1 is 1.30 bits per heavy atom. The first-order valence-electron chi connectivity index (χ1n) is 10.9. The summed E-state index contributed by atoms with van der Waals surface area (Å²) in [5.41, 5.74) is 0.0914. The van der Waals surface area contributed by atoms with E-state index >= 15 is 0 Å². The van der Waals surface area contributed by atoms with E-state index in [1.807, 2.05) is 36.4 Å². The average Bonchev–Trinajstić information content (AvgIpc) is 3.42. The predicted molar refractivity (Wildman–Crippen MR) is 114 cm³/mol. The molecule has 0 aromatic heterocycles. The van der Waals surface area contributed by atoms with Crippen LogP contribution in [0, 0.1) is 11.8 Å². The van der Waals surface area contributed by atoms with Crippen LogP contribution in [-0.4, -0.2) is 68.3 Å². The Hall–Kier alpha value is -2.38. The molecule has 3 aliphatic heterocycles. The molecular formula is C23H31N3O4. The van der Waals surface area contributed by atoms with E-state index < -0.39 is 17.4 Å². The third-order valence-electron chi connectivity index (χ3n) is 6.63. The number of amides is 2. The highest BCUT2D eigenvalue weighted by molar-refractivity contribution is 6.03. The standard InChI is InChI=1S/C23H31N3O4/c1-4-25(5-2)14-6-13-24-21(27)19-18-11-12-23(30-18)15-26(22(28)20(19)23)16-7-9-17(29-3)10-8-16/h7-12,18-20H,4-6,13-15H2,1-3H3,(H,24,27)/t18-,19+,20+,23-/m1/s1. The summed E-state index contributed by atoms with van der Waals surface area (Å²) in [7, 11) is 1.61. The van der Waals surface area contributed by atoms with E-state index in [9.17, 15) is 9.59 Å². The van der Waals surface area contributed by atoms with Crippen LogP contribution in [0.1, 0.15) is 20.3 Å². The molecule has 7 nitrogen and oxygen atoms in total. The van der Waals surface area contributed by atoms with Crippen LogP contribution in [0.2, 0.25) is 0 Å². The Kier molecular flexibility index (Phi) is 5.84. The van der Waals surface area contributed by atoms with Gasteiger partial charge in [-0.3, -0.25) is 9.59 Å². The second-order valence-corrected chi connectivity index (χ2v) is 8.19. The van der Waals surface area contributed by atoms with Gasteiger partial charge in [-0.1, -0.05) is 26.0 Å². The van der Waals surface area contributed by atoms with E-state index in [-0.39, 0.29) is 17.9 Å². The molecule has 2 bridgehead atoms. The number of fused-ring (bicyclic) bond motifs is 1. The van der Waals surface area contributed by atoms with Crippen molar-refractivity contribution in [3.8, 4) is 5.75 Å². The normalized spacial score (nSPS) is 29.0. The maximum absolute atomic E-state index is 13.3. The van der Waals surface area contributed by atoms with Crippen molar-refractivity contribution in [3.63, 3.8) is 0 Å². The number of hydrogen-bond donors (Lipinski definition) is 1. The molecule has 1 N–H and O–H groups in total. The lowest BCUT2D eigenvalue weighted by molar-refractivity contribution is -0.131. The van der Waals surface area contributed by atoms with Crippen molar-refractivity contribution in [2.24, 2.45) is 11.8 Å². The quantitative estimate of drug-likeness (QED) is 0.494. The number of carbonyl (C=O) groups is 2. The Balaban J connectivity index is 1.43. The lowest BCUT2D eigenvalue weighted by atomic mass is 9.77. The lowest BCUT2D eigenvalue weighted by Crippen LogP contribution is -2.44. The van der Waals surface area contributed by atoms with Gasteiger partial charge in [0.1, 0.15) is 11.4 Å². The first kappa shape index (κ1) is 20.9. The molecule has 0 unspecified atom stereocenters. The molecule has 1 aromatic rings. The minimum atomic E-state index is -0.703. The summed E-state index contributed by atoms with van der Waals surface area (Å²) in [5.74, 6) is -0.338. The van der Waals surface area contributed by atoms with Crippen molar-refractivity contribution in [1.29, 1.82) is 0 Å². The monoisotopic (exact) mass is 413 g/mol. The van der Waals surface area contributed by atoms with Crippen LogP contribution in [-0.2, 0) is 14.3 Å². The Morgan fingerprint density at radius 3 is 2.70 bits per heavy atom. The van der Waals surface area contributed by atoms with Crippen LogP contribution in [0.15, 0.2) is 36.4 Å². The molecule has 0 saturated carbocycles. The second kappa shape index (κ2) is 8.40. The zero-order valence-corrected chi connectivity index (χ0v) is 18.0. The van der Waals surface area contributed by atoms with Gasteiger partial charge < -0.3 is 24.6 Å². The molecule has 2 fully saturated rings. The third-order valence-corrected chi connectivity index (χ3v) is 6.63. The lowest BCUT2D eigenvalue weighted by Gasteiger charge is -2.24. The number of carbonyl (C=O) groups excluding carboxylic acids is 2. The third kappa shape index (κ3) is 3.50. The zero-order chi connectivity index (χ0) is 21.3. The molecule has 2 saturated heterocycles. The molecule has 0 aliphatic carbocycles. The molecule has 3 heterocycles. The van der Waals surface area contributed by atoms with Gasteiger partial charge in [0.2, 0.25) is 11.8 Å². The molecule has 1 spiro atoms. The van der Waals surface area contributed by atoms with Crippen LogP contribution in [0.25, 0.3) is 0 Å². The highest BCUT2D eigenvalue weighted by atomic mass is 16.5. The van der Waals surface area contributed by atoms with Gasteiger partial charge in [-0.25, -0.2) is 0 Å². The van der Waals surface area contributed by atoms with Gasteiger partial charge >= 0.3 is 0 Å². The largest absolute Gasteiger partial charge is 0.497 e.